The summed E-state index contributed by atoms with van der Waals surface area (Å²) in [5, 5.41) is 0.840. The van der Waals surface area contributed by atoms with Crippen LogP contribution in [-0.2, 0) is 14.6 Å². The fourth-order valence-corrected chi connectivity index (χ4v) is 3.58. The number of rotatable bonds is 4. The first-order valence-corrected chi connectivity index (χ1v) is 7.33. The van der Waals surface area contributed by atoms with Gasteiger partial charge in [-0.05, 0) is 18.4 Å². The van der Waals surface area contributed by atoms with Gasteiger partial charge in [0.05, 0.1) is 11.9 Å². The molecule has 1 aromatic rings. The number of ether oxygens (including phenoxy) is 1. The molecule has 1 heterocycles. The molecule has 0 amide bonds. The van der Waals surface area contributed by atoms with Crippen molar-refractivity contribution in [3.63, 3.8) is 0 Å². The number of carbonyl (C=O) groups is 1. The summed E-state index contributed by atoms with van der Waals surface area (Å²) < 4.78 is 28.5. The van der Waals surface area contributed by atoms with Crippen molar-refractivity contribution in [3.05, 3.63) is 17.5 Å². The number of hydrogen-bond donors (Lipinski definition) is 2. The Labute approximate surface area is 101 Å². The number of sulfone groups is 1. The Kier molecular flexibility index (Phi) is 4.74. The van der Waals surface area contributed by atoms with Crippen LogP contribution in [0.4, 0.5) is 4.79 Å². The molecular weight excluding hydrogens is 272 g/mol. The highest BCUT2D eigenvalue weighted by Gasteiger charge is 2.27. The predicted octanol–water partition coefficient (Wildman–Crippen LogP) is 1.12. The molecule has 90 valence electrons. The summed E-state index contributed by atoms with van der Waals surface area (Å²) in [5.74, 6) is 4.87. The van der Waals surface area contributed by atoms with E-state index in [1.165, 1.54) is 13.0 Å². The van der Waals surface area contributed by atoms with Gasteiger partial charge in [-0.15, -0.1) is 11.3 Å². The highest BCUT2D eigenvalue weighted by atomic mass is 32.2. The smallest absolute Gasteiger partial charge is 0.384 e. The third kappa shape index (κ3) is 3.19. The lowest BCUT2D eigenvalue weighted by Crippen LogP contribution is -2.24. The Morgan fingerprint density at radius 2 is 2.38 bits per heavy atom. The van der Waals surface area contributed by atoms with E-state index in [4.69, 9.17) is 5.84 Å². The fraction of sp³-hybridized carbons (Fsp3) is 0.286. The Balaban J connectivity index is 2.74. The third-order valence-electron chi connectivity index (χ3n) is 1.62. The molecule has 1 aromatic heterocycles. The van der Waals surface area contributed by atoms with Gasteiger partial charge in [-0.2, -0.15) is 4.83 Å². The highest BCUT2D eigenvalue weighted by molar-refractivity contribution is 8.11. The van der Waals surface area contributed by atoms with Gasteiger partial charge in [-0.25, -0.2) is 13.2 Å². The minimum atomic E-state index is -3.62. The second-order valence-electron chi connectivity index (χ2n) is 2.63. The maximum Gasteiger partial charge on any atom is 0.384 e. The van der Waals surface area contributed by atoms with Crippen molar-refractivity contribution < 1.29 is 17.9 Å². The molecule has 0 spiro atoms. The van der Waals surface area contributed by atoms with E-state index >= 15 is 0 Å². The first kappa shape index (κ1) is 13.5. The molecule has 1 atom stereocenters. The van der Waals surface area contributed by atoms with Crippen LogP contribution in [0.1, 0.15) is 6.92 Å². The van der Waals surface area contributed by atoms with Gasteiger partial charge in [0.15, 0.2) is 0 Å². The number of carbonyl (C=O) groups excluding carboxylic acids is 1. The zero-order valence-electron chi connectivity index (χ0n) is 8.24. The first-order chi connectivity index (χ1) is 7.48. The van der Waals surface area contributed by atoms with Crippen molar-refractivity contribution >= 4 is 38.4 Å². The molecule has 6 nitrogen and oxygen atoms in total. The normalized spacial score (nSPS) is 13.4. The summed E-state index contributed by atoms with van der Waals surface area (Å²) in [7, 11) is -3.62. The summed E-state index contributed by atoms with van der Waals surface area (Å²) >= 11 is 1.55. The molecule has 9 heteroatoms. The minimum Gasteiger partial charge on any atom is -0.437 e. The molecule has 0 aliphatic carbocycles. The molecule has 16 heavy (non-hydrogen) atoms. The van der Waals surface area contributed by atoms with Gasteiger partial charge in [0, 0.05) is 0 Å². The molecule has 0 fully saturated rings. The fourth-order valence-electron chi connectivity index (χ4n) is 0.860. The maximum absolute atomic E-state index is 11.8. The molecule has 0 radical (unpaired) electrons. The molecular formula is C7H10N2O4S3. The van der Waals surface area contributed by atoms with Crippen molar-refractivity contribution in [1.82, 2.24) is 4.83 Å². The van der Waals surface area contributed by atoms with Crippen molar-refractivity contribution in [2.75, 3.05) is 0 Å². The Morgan fingerprint density at radius 3 is 2.88 bits per heavy atom. The van der Waals surface area contributed by atoms with E-state index in [1.807, 2.05) is 4.83 Å². The maximum atomic E-state index is 11.8. The average molecular weight is 282 g/mol. The largest absolute Gasteiger partial charge is 0.437 e. The van der Waals surface area contributed by atoms with Crippen LogP contribution in [0.5, 0.6) is 0 Å². The summed E-state index contributed by atoms with van der Waals surface area (Å²) in [6, 6.07) is 3.07. The predicted molar refractivity (Wildman–Crippen MR) is 62.4 cm³/mol. The number of nitrogens with two attached hydrogens (primary N) is 1. The second-order valence-corrected chi connectivity index (χ2v) is 6.81. The summed E-state index contributed by atoms with van der Waals surface area (Å²) in [6.45, 7) is 1.30. The van der Waals surface area contributed by atoms with Crippen LogP contribution in [-0.4, -0.2) is 19.2 Å². The third-order valence-corrected chi connectivity index (χ3v) is 5.31. The van der Waals surface area contributed by atoms with Crippen molar-refractivity contribution in [2.24, 2.45) is 5.84 Å². The number of nitrogens with one attached hydrogen (secondary N) is 1. The molecule has 0 saturated heterocycles. The van der Waals surface area contributed by atoms with E-state index < -0.39 is 20.6 Å². The van der Waals surface area contributed by atoms with E-state index in [1.54, 1.807) is 11.4 Å². The lowest BCUT2D eigenvalue weighted by Gasteiger charge is -2.11. The van der Waals surface area contributed by atoms with Crippen LogP contribution in [0.25, 0.3) is 0 Å². The van der Waals surface area contributed by atoms with Gasteiger partial charge in [-0.3, -0.25) is 5.84 Å². The summed E-state index contributed by atoms with van der Waals surface area (Å²) in [6.07, 6.45) is 0. The van der Waals surface area contributed by atoms with Crippen LogP contribution in [0.2, 0.25) is 0 Å². The van der Waals surface area contributed by atoms with E-state index in [9.17, 15) is 13.2 Å². The van der Waals surface area contributed by atoms with Gasteiger partial charge in [0.1, 0.15) is 4.21 Å². The molecule has 0 aromatic carbocycles. The standard InChI is InChI=1S/C7H10N2O4S3/c1-5(13-7(10)15-9-8)16(11,12)6-3-2-4-14-6/h2-5,9H,8H2,1H3. The SMILES string of the molecule is CC(OC(=O)SNN)S(=O)(=O)c1cccs1. The molecule has 3 N–H and O–H groups in total. The van der Waals surface area contributed by atoms with Gasteiger partial charge < -0.3 is 4.74 Å². The molecule has 0 aliphatic heterocycles. The van der Waals surface area contributed by atoms with Gasteiger partial charge >= 0.3 is 5.30 Å². The quantitative estimate of drug-likeness (QED) is 0.369. The number of thiophene rings is 1. The van der Waals surface area contributed by atoms with Gasteiger partial charge in [0.2, 0.25) is 15.3 Å². The molecule has 0 saturated carbocycles. The van der Waals surface area contributed by atoms with Crippen LogP contribution in [0.15, 0.2) is 21.7 Å². The molecule has 1 rings (SSSR count). The Bertz CT molecular complexity index is 442. The second kappa shape index (κ2) is 5.64. The topological polar surface area (TPSA) is 98.5 Å². The van der Waals surface area contributed by atoms with E-state index in [0.717, 1.165) is 11.3 Å². The molecule has 0 bridgehead atoms. The van der Waals surface area contributed by atoms with Gasteiger partial charge in [-0.1, -0.05) is 6.07 Å². The van der Waals surface area contributed by atoms with Crippen molar-refractivity contribution in [3.8, 4) is 0 Å². The Morgan fingerprint density at radius 1 is 1.69 bits per heavy atom. The number of hydrazine groups is 1. The molecule has 1 unspecified atom stereocenters. The summed E-state index contributed by atoms with van der Waals surface area (Å²) in [5.41, 5.74) is -1.24. The summed E-state index contributed by atoms with van der Waals surface area (Å²) in [4.78, 5) is 13.0. The highest BCUT2D eigenvalue weighted by Crippen LogP contribution is 2.22. The van der Waals surface area contributed by atoms with Crippen LogP contribution >= 0.6 is 23.3 Å². The van der Waals surface area contributed by atoms with Crippen LogP contribution in [0.3, 0.4) is 0 Å². The van der Waals surface area contributed by atoms with Crippen LogP contribution in [0, 0.1) is 0 Å². The van der Waals surface area contributed by atoms with Gasteiger partial charge in [0.25, 0.3) is 0 Å². The van der Waals surface area contributed by atoms with E-state index in [2.05, 4.69) is 4.74 Å². The zero-order valence-corrected chi connectivity index (χ0v) is 10.7. The monoisotopic (exact) mass is 282 g/mol. The van der Waals surface area contributed by atoms with Crippen LogP contribution < -0.4 is 10.7 Å². The average Bonchev–Trinajstić information content (AvgIpc) is 2.70. The Hall–Kier alpha value is -0.610. The lowest BCUT2D eigenvalue weighted by molar-refractivity contribution is 0.165. The lowest BCUT2D eigenvalue weighted by atomic mass is 10.7. The first-order valence-electron chi connectivity index (χ1n) is 4.09. The van der Waals surface area contributed by atoms with E-state index in [0.29, 0.717) is 11.9 Å². The zero-order chi connectivity index (χ0) is 12.2. The minimum absolute atomic E-state index is 0.165. The van der Waals surface area contributed by atoms with E-state index in [-0.39, 0.29) is 4.21 Å². The van der Waals surface area contributed by atoms with Crippen molar-refractivity contribution in [2.45, 2.75) is 16.6 Å². The molecule has 0 aliphatic rings. The number of hydrogen-bond acceptors (Lipinski definition) is 8. The van der Waals surface area contributed by atoms with Crippen molar-refractivity contribution in [1.29, 1.82) is 0 Å².